The number of benzene rings is 1. The molecule has 5 nitrogen and oxygen atoms in total. The Morgan fingerprint density at radius 3 is 2.48 bits per heavy atom. The van der Waals surface area contributed by atoms with Crippen molar-refractivity contribution in [2.75, 3.05) is 17.6 Å². The van der Waals surface area contributed by atoms with Crippen molar-refractivity contribution in [1.29, 1.82) is 0 Å². The predicted octanol–water partition coefficient (Wildman–Crippen LogP) is 3.01. The van der Waals surface area contributed by atoms with Crippen LogP contribution in [-0.2, 0) is 9.59 Å². The zero-order chi connectivity index (χ0) is 15.1. The minimum atomic E-state index is -0.221. The van der Waals surface area contributed by atoms with Crippen molar-refractivity contribution in [1.82, 2.24) is 5.32 Å². The molecule has 0 heterocycles. The highest BCUT2D eigenvalue weighted by Gasteiger charge is 2.10. The molecule has 0 aliphatic heterocycles. The largest absolute Gasteiger partial charge is 0.397 e. The number of rotatable bonds is 6. The van der Waals surface area contributed by atoms with Gasteiger partial charge < -0.3 is 16.4 Å². The van der Waals surface area contributed by atoms with Crippen LogP contribution in [0, 0.1) is 6.92 Å². The van der Waals surface area contributed by atoms with Gasteiger partial charge in [0.15, 0.2) is 0 Å². The molecule has 21 heavy (non-hydrogen) atoms. The number of hydrogen-bond donors (Lipinski definition) is 3. The van der Waals surface area contributed by atoms with Gasteiger partial charge in [-0.3, -0.25) is 9.59 Å². The SMILES string of the molecule is CCCNC(=O)CCC(=O)Nc1cc(Br)cc(C)c1N.Cl. The molecule has 0 aliphatic carbocycles. The van der Waals surface area contributed by atoms with Gasteiger partial charge in [-0.25, -0.2) is 0 Å². The lowest BCUT2D eigenvalue weighted by Crippen LogP contribution is -2.25. The van der Waals surface area contributed by atoms with Gasteiger partial charge in [0.25, 0.3) is 0 Å². The standard InChI is InChI=1S/C14H20BrN3O2.ClH/c1-3-6-17-12(19)4-5-13(20)18-11-8-10(15)7-9(2)14(11)16;/h7-8H,3-6,16H2,1-2H3,(H,17,19)(H,18,20);1H. The maximum Gasteiger partial charge on any atom is 0.224 e. The van der Waals surface area contributed by atoms with Crippen molar-refractivity contribution in [2.45, 2.75) is 33.1 Å². The Labute approximate surface area is 139 Å². The monoisotopic (exact) mass is 377 g/mol. The van der Waals surface area contributed by atoms with Crippen molar-refractivity contribution < 1.29 is 9.59 Å². The molecule has 1 aromatic carbocycles. The number of carbonyl (C=O) groups excluding carboxylic acids is 2. The molecule has 1 aromatic rings. The molecule has 0 saturated carbocycles. The quantitative estimate of drug-likeness (QED) is 0.665. The Hall–Kier alpha value is -1.27. The summed E-state index contributed by atoms with van der Waals surface area (Å²) in [6.07, 6.45) is 1.20. The smallest absolute Gasteiger partial charge is 0.224 e. The number of anilines is 2. The van der Waals surface area contributed by atoms with Gasteiger partial charge in [-0.2, -0.15) is 0 Å². The van der Waals surface area contributed by atoms with Crippen molar-refractivity contribution in [3.05, 3.63) is 22.2 Å². The Bertz CT molecular complexity index is 509. The number of nitrogen functional groups attached to an aromatic ring is 1. The van der Waals surface area contributed by atoms with Crippen molar-refractivity contribution in [3.63, 3.8) is 0 Å². The number of amides is 2. The minimum absolute atomic E-state index is 0. The Kier molecular flexibility index (Phi) is 9.05. The minimum Gasteiger partial charge on any atom is -0.397 e. The van der Waals surface area contributed by atoms with Crippen LogP contribution in [0.5, 0.6) is 0 Å². The summed E-state index contributed by atoms with van der Waals surface area (Å²) < 4.78 is 0.847. The van der Waals surface area contributed by atoms with Gasteiger partial charge in [-0.15, -0.1) is 12.4 Å². The summed E-state index contributed by atoms with van der Waals surface area (Å²) in [6, 6.07) is 3.63. The van der Waals surface area contributed by atoms with Crippen molar-refractivity contribution >= 4 is 51.5 Å². The molecule has 0 bridgehead atoms. The molecule has 2 amide bonds. The molecule has 0 aliphatic rings. The van der Waals surface area contributed by atoms with Gasteiger partial charge in [0.2, 0.25) is 11.8 Å². The maximum absolute atomic E-state index is 11.8. The molecule has 0 radical (unpaired) electrons. The Morgan fingerprint density at radius 2 is 1.86 bits per heavy atom. The first-order valence-electron chi connectivity index (χ1n) is 6.56. The molecule has 0 saturated heterocycles. The van der Waals surface area contributed by atoms with E-state index in [1.54, 1.807) is 6.07 Å². The third-order valence-electron chi connectivity index (χ3n) is 2.78. The fourth-order valence-corrected chi connectivity index (χ4v) is 2.22. The number of halogens is 2. The Morgan fingerprint density at radius 1 is 1.24 bits per heavy atom. The van der Waals surface area contributed by atoms with E-state index in [1.165, 1.54) is 0 Å². The fraction of sp³-hybridized carbons (Fsp3) is 0.429. The highest BCUT2D eigenvalue weighted by molar-refractivity contribution is 9.10. The van der Waals surface area contributed by atoms with Crippen LogP contribution in [0.2, 0.25) is 0 Å². The van der Waals surface area contributed by atoms with Crippen LogP contribution in [-0.4, -0.2) is 18.4 Å². The highest BCUT2D eigenvalue weighted by Crippen LogP contribution is 2.27. The van der Waals surface area contributed by atoms with Crippen LogP contribution in [0.1, 0.15) is 31.7 Å². The number of nitrogens with two attached hydrogens (primary N) is 1. The van der Waals surface area contributed by atoms with E-state index >= 15 is 0 Å². The summed E-state index contributed by atoms with van der Waals surface area (Å²) in [5, 5.41) is 5.46. The number of hydrogen-bond acceptors (Lipinski definition) is 3. The first kappa shape index (κ1) is 19.7. The van der Waals surface area contributed by atoms with Gasteiger partial charge in [0.1, 0.15) is 0 Å². The van der Waals surface area contributed by atoms with Crippen LogP contribution in [0.3, 0.4) is 0 Å². The van der Waals surface area contributed by atoms with E-state index < -0.39 is 0 Å². The third kappa shape index (κ3) is 6.82. The van der Waals surface area contributed by atoms with Crippen LogP contribution in [0.25, 0.3) is 0 Å². The van der Waals surface area contributed by atoms with Gasteiger partial charge >= 0.3 is 0 Å². The van der Waals surface area contributed by atoms with E-state index in [0.29, 0.717) is 17.9 Å². The molecule has 0 unspecified atom stereocenters. The zero-order valence-electron chi connectivity index (χ0n) is 12.2. The van der Waals surface area contributed by atoms with Gasteiger partial charge in [0, 0.05) is 23.9 Å². The second-order valence-corrected chi connectivity index (χ2v) is 5.50. The number of carbonyl (C=O) groups is 2. The number of aryl methyl sites for hydroxylation is 1. The topological polar surface area (TPSA) is 84.2 Å². The molecule has 0 spiro atoms. The van der Waals surface area contributed by atoms with Gasteiger partial charge in [0.05, 0.1) is 11.4 Å². The summed E-state index contributed by atoms with van der Waals surface area (Å²) in [5.41, 5.74) is 7.90. The second-order valence-electron chi connectivity index (χ2n) is 4.58. The van der Waals surface area contributed by atoms with Crippen LogP contribution in [0.4, 0.5) is 11.4 Å². The molecule has 0 aromatic heterocycles. The zero-order valence-corrected chi connectivity index (χ0v) is 14.6. The molecular weight excluding hydrogens is 358 g/mol. The summed E-state index contributed by atoms with van der Waals surface area (Å²) in [5.74, 6) is -0.332. The molecule has 0 fully saturated rings. The fourth-order valence-electron chi connectivity index (χ4n) is 1.65. The lowest BCUT2D eigenvalue weighted by molar-refractivity contribution is -0.124. The molecule has 1 rings (SSSR count). The van der Waals surface area contributed by atoms with Crippen molar-refractivity contribution in [3.8, 4) is 0 Å². The summed E-state index contributed by atoms with van der Waals surface area (Å²) in [7, 11) is 0. The van der Waals surface area contributed by atoms with Crippen LogP contribution in [0.15, 0.2) is 16.6 Å². The van der Waals surface area contributed by atoms with E-state index in [2.05, 4.69) is 26.6 Å². The van der Waals surface area contributed by atoms with Crippen LogP contribution < -0.4 is 16.4 Å². The van der Waals surface area contributed by atoms with E-state index in [-0.39, 0.29) is 37.1 Å². The highest BCUT2D eigenvalue weighted by atomic mass is 79.9. The molecular formula is C14H21BrClN3O2. The lowest BCUT2D eigenvalue weighted by Gasteiger charge is -2.11. The van der Waals surface area contributed by atoms with E-state index in [9.17, 15) is 9.59 Å². The summed E-state index contributed by atoms with van der Waals surface area (Å²) in [4.78, 5) is 23.2. The molecule has 0 atom stereocenters. The third-order valence-corrected chi connectivity index (χ3v) is 3.23. The Balaban J connectivity index is 0.00000400. The van der Waals surface area contributed by atoms with Crippen molar-refractivity contribution in [2.24, 2.45) is 0 Å². The van der Waals surface area contributed by atoms with Gasteiger partial charge in [-0.05, 0) is 31.0 Å². The molecule has 118 valence electrons. The average molecular weight is 379 g/mol. The normalized spacial score (nSPS) is 9.67. The molecule has 4 N–H and O–H groups in total. The summed E-state index contributed by atoms with van der Waals surface area (Å²) in [6.45, 7) is 4.48. The number of nitrogens with one attached hydrogen (secondary N) is 2. The maximum atomic E-state index is 11.8. The van der Waals surface area contributed by atoms with Crippen LogP contribution >= 0.6 is 28.3 Å². The second kappa shape index (κ2) is 9.63. The van der Waals surface area contributed by atoms with E-state index in [4.69, 9.17) is 5.73 Å². The van der Waals surface area contributed by atoms with E-state index in [1.807, 2.05) is 19.9 Å². The lowest BCUT2D eigenvalue weighted by atomic mass is 10.1. The van der Waals surface area contributed by atoms with Gasteiger partial charge in [-0.1, -0.05) is 22.9 Å². The summed E-state index contributed by atoms with van der Waals surface area (Å²) >= 11 is 3.36. The first-order chi connectivity index (χ1) is 9.43. The average Bonchev–Trinajstić information content (AvgIpc) is 2.39. The predicted molar refractivity (Wildman–Crippen MR) is 91.7 cm³/mol. The van der Waals surface area contributed by atoms with E-state index in [0.717, 1.165) is 16.5 Å². The molecule has 7 heteroatoms. The first-order valence-corrected chi connectivity index (χ1v) is 7.35.